The Morgan fingerprint density at radius 1 is 1.12 bits per heavy atom. The van der Waals surface area contributed by atoms with Gasteiger partial charge in [-0.3, -0.25) is 4.98 Å². The first-order valence-electron chi connectivity index (χ1n) is 8.03. The summed E-state index contributed by atoms with van der Waals surface area (Å²) in [6.45, 7) is 2.45. The van der Waals surface area contributed by atoms with Gasteiger partial charge < -0.3 is 0 Å². The maximum absolute atomic E-state index is 10.6. The molecule has 2 aromatic heterocycles. The van der Waals surface area contributed by atoms with Crippen molar-refractivity contribution in [3.8, 4) is 21.8 Å². The lowest BCUT2D eigenvalue weighted by atomic mass is 10.1. The third kappa shape index (κ3) is 4.72. The number of aryl methyl sites for hydroxylation is 1. The van der Waals surface area contributed by atoms with E-state index in [0.717, 1.165) is 45.9 Å². The predicted molar refractivity (Wildman–Crippen MR) is 102 cm³/mol. The van der Waals surface area contributed by atoms with Crippen molar-refractivity contribution in [2.45, 2.75) is 26.3 Å². The van der Waals surface area contributed by atoms with Gasteiger partial charge in [0.1, 0.15) is 5.01 Å². The molecule has 0 saturated heterocycles. The molecule has 0 aliphatic carbocycles. The molecule has 0 fully saturated rings. The van der Waals surface area contributed by atoms with E-state index in [-0.39, 0.29) is 0 Å². The van der Waals surface area contributed by atoms with Crippen molar-refractivity contribution in [3.05, 3.63) is 59.2 Å². The van der Waals surface area contributed by atoms with Gasteiger partial charge in [0.25, 0.3) is 0 Å². The van der Waals surface area contributed by atoms with Crippen molar-refractivity contribution in [3.63, 3.8) is 0 Å². The Hall–Kier alpha value is -2.09. The monoisotopic (exact) mass is 373 g/mol. The summed E-state index contributed by atoms with van der Waals surface area (Å²) in [6, 6.07) is 11.8. The maximum Gasteiger partial charge on any atom is 0.201 e. The topological polar surface area (TPSA) is 72.0 Å². The molecule has 7 heteroatoms. The Kier molecular flexibility index (Phi) is 5.91. The minimum absolute atomic E-state index is 0.304. The Morgan fingerprint density at radius 3 is 2.64 bits per heavy atom. The molecule has 5 nitrogen and oxygen atoms in total. The number of hydrogen-bond acceptors (Lipinski definition) is 5. The van der Waals surface area contributed by atoms with Crippen LogP contribution in [0, 0.1) is 0 Å². The molecule has 25 heavy (non-hydrogen) atoms. The van der Waals surface area contributed by atoms with Crippen LogP contribution in [0.5, 0.6) is 0 Å². The molecule has 1 aromatic carbocycles. The summed E-state index contributed by atoms with van der Waals surface area (Å²) in [5.74, 6) is 0. The Morgan fingerprint density at radius 2 is 1.92 bits per heavy atom. The zero-order valence-corrected chi connectivity index (χ0v) is 15.5. The predicted octanol–water partition coefficient (Wildman–Crippen LogP) is 3.44. The van der Waals surface area contributed by atoms with Crippen molar-refractivity contribution in [2.75, 3.05) is 0 Å². The third-order valence-electron chi connectivity index (χ3n) is 3.74. The lowest BCUT2D eigenvalue weighted by molar-refractivity contribution is 0.601. The van der Waals surface area contributed by atoms with E-state index in [9.17, 15) is 8.42 Å². The zero-order chi connectivity index (χ0) is 17.6. The lowest BCUT2D eigenvalue weighted by Gasteiger charge is -2.02. The van der Waals surface area contributed by atoms with E-state index in [1.807, 2.05) is 41.9 Å². The van der Waals surface area contributed by atoms with Crippen LogP contribution in [-0.4, -0.2) is 18.4 Å². The molecule has 0 aliphatic rings. The minimum Gasteiger partial charge on any atom is -0.261 e. The van der Waals surface area contributed by atoms with E-state index in [0.29, 0.717) is 6.54 Å². The number of thiazole rings is 1. The van der Waals surface area contributed by atoms with Crippen molar-refractivity contribution in [1.29, 1.82) is 0 Å². The molecule has 0 aliphatic heterocycles. The number of benzene rings is 1. The van der Waals surface area contributed by atoms with Gasteiger partial charge in [-0.1, -0.05) is 37.6 Å². The van der Waals surface area contributed by atoms with Gasteiger partial charge in [-0.2, -0.15) is 0 Å². The second-order valence-corrected chi connectivity index (χ2v) is 7.30. The molecule has 3 aromatic rings. The second kappa shape index (κ2) is 8.33. The molecule has 0 radical (unpaired) electrons. The number of thiol groups is 1. The molecular weight excluding hydrogens is 354 g/mol. The molecule has 2 heterocycles. The first-order valence-corrected chi connectivity index (χ1v) is 10.1. The molecule has 1 N–H and O–H groups in total. The van der Waals surface area contributed by atoms with E-state index in [1.165, 1.54) is 0 Å². The van der Waals surface area contributed by atoms with Crippen LogP contribution < -0.4 is 4.72 Å². The highest BCUT2D eigenvalue weighted by molar-refractivity contribution is 7.70. The van der Waals surface area contributed by atoms with Gasteiger partial charge in [0, 0.05) is 34.9 Å². The molecule has 3 rings (SSSR count). The Labute approximate surface area is 152 Å². The SMILES string of the molecule is CCCc1cc(-c2nc(-c3ccc(CN[SH](=O)=O)cc3)cs2)ccn1. The zero-order valence-electron chi connectivity index (χ0n) is 13.8. The van der Waals surface area contributed by atoms with E-state index in [2.05, 4.69) is 22.7 Å². The highest BCUT2D eigenvalue weighted by Gasteiger charge is 2.08. The molecule has 0 unspecified atom stereocenters. The maximum atomic E-state index is 10.6. The summed E-state index contributed by atoms with van der Waals surface area (Å²) in [7, 11) is -2.57. The fourth-order valence-corrected chi connectivity index (χ4v) is 3.63. The molecule has 0 spiro atoms. The standard InChI is InChI=1S/C18H19N3O2S2/c1-2-3-16-10-15(8-9-19-16)18-21-17(12-24-18)14-6-4-13(5-7-14)11-20-25(22)23/h4-10,12,25H,2-3,11H2,1H3,(H,20,22,23). The molecule has 0 bridgehead atoms. The summed E-state index contributed by atoms with van der Waals surface area (Å²) >= 11 is 1.61. The van der Waals surface area contributed by atoms with Crippen LogP contribution in [0.15, 0.2) is 48.0 Å². The van der Waals surface area contributed by atoms with Crippen LogP contribution in [0.1, 0.15) is 24.6 Å². The normalized spacial score (nSPS) is 11.1. The molecular formula is C18H19N3O2S2. The number of pyridine rings is 1. The first kappa shape index (κ1) is 17.7. The van der Waals surface area contributed by atoms with Gasteiger partial charge in [-0.25, -0.2) is 18.1 Å². The Balaban J connectivity index is 1.78. The summed E-state index contributed by atoms with van der Waals surface area (Å²) in [4.78, 5) is 9.12. The van der Waals surface area contributed by atoms with Crippen LogP contribution >= 0.6 is 11.3 Å². The van der Waals surface area contributed by atoms with E-state index in [1.54, 1.807) is 11.3 Å². The summed E-state index contributed by atoms with van der Waals surface area (Å²) < 4.78 is 23.5. The van der Waals surface area contributed by atoms with Gasteiger partial charge in [-0.05, 0) is 24.1 Å². The number of aromatic nitrogens is 2. The highest BCUT2D eigenvalue weighted by Crippen LogP contribution is 2.29. The third-order valence-corrected chi connectivity index (χ3v) is 5.04. The van der Waals surface area contributed by atoms with Crippen LogP contribution in [0.3, 0.4) is 0 Å². The Bertz CT molecular complexity index is 910. The fourth-order valence-electron chi connectivity index (χ4n) is 2.49. The molecule has 130 valence electrons. The van der Waals surface area contributed by atoms with E-state index >= 15 is 0 Å². The van der Waals surface area contributed by atoms with Crippen molar-refractivity contribution >= 4 is 22.2 Å². The smallest absolute Gasteiger partial charge is 0.201 e. The van der Waals surface area contributed by atoms with Gasteiger partial charge in [0.05, 0.1) is 5.69 Å². The summed E-state index contributed by atoms with van der Waals surface area (Å²) in [5, 5.41) is 3.01. The molecule has 0 atom stereocenters. The van der Waals surface area contributed by atoms with Gasteiger partial charge in [0.15, 0.2) is 0 Å². The van der Waals surface area contributed by atoms with Crippen LogP contribution in [0.4, 0.5) is 0 Å². The average Bonchev–Trinajstić information content (AvgIpc) is 3.11. The summed E-state index contributed by atoms with van der Waals surface area (Å²) in [5.41, 5.74) is 5.03. The number of nitrogens with zero attached hydrogens (tertiary/aromatic N) is 2. The van der Waals surface area contributed by atoms with Gasteiger partial charge in [-0.15, -0.1) is 11.3 Å². The summed E-state index contributed by atoms with van der Waals surface area (Å²) in [6.07, 6.45) is 3.88. The van der Waals surface area contributed by atoms with E-state index in [4.69, 9.17) is 4.98 Å². The minimum atomic E-state index is -2.57. The number of hydrogen-bond donors (Lipinski definition) is 2. The fraction of sp³-hybridized carbons (Fsp3) is 0.222. The quantitative estimate of drug-likeness (QED) is 0.622. The highest BCUT2D eigenvalue weighted by atomic mass is 32.2. The van der Waals surface area contributed by atoms with Crippen LogP contribution in [0.2, 0.25) is 0 Å². The van der Waals surface area contributed by atoms with Crippen molar-refractivity contribution in [1.82, 2.24) is 14.7 Å². The van der Waals surface area contributed by atoms with Crippen LogP contribution in [0.25, 0.3) is 21.8 Å². The van der Waals surface area contributed by atoms with Gasteiger partial charge in [0.2, 0.25) is 10.9 Å². The first-order chi connectivity index (χ1) is 12.2. The average molecular weight is 374 g/mol. The van der Waals surface area contributed by atoms with Crippen molar-refractivity contribution < 1.29 is 8.42 Å². The largest absolute Gasteiger partial charge is 0.261 e. The molecule has 0 amide bonds. The van der Waals surface area contributed by atoms with E-state index < -0.39 is 10.9 Å². The lowest BCUT2D eigenvalue weighted by Crippen LogP contribution is -2.09. The number of nitrogens with one attached hydrogen (secondary N) is 1. The van der Waals surface area contributed by atoms with Crippen molar-refractivity contribution in [2.24, 2.45) is 0 Å². The van der Waals surface area contributed by atoms with Crippen LogP contribution in [-0.2, 0) is 23.9 Å². The molecule has 0 saturated carbocycles. The second-order valence-electron chi connectivity index (χ2n) is 5.61. The number of rotatable bonds is 7. The van der Waals surface area contributed by atoms with Gasteiger partial charge >= 0.3 is 0 Å².